The standard InChI is InChI=1S/C33H59N5O6S/c1-28(31(41)24-23-29(2)39)19-16-17-25-34-33(42)22-18-26-45(43,44)27-30(40)20-14-12-10-8-6-4-3-5-7-9-11-13-15-21-32-35-37-38-36-32/h28H,3-27H2,1-2H3,(H,34,42)(H,35,36,37,38)/t28-/m1/s1. The number of nitrogens with zero attached hydrogens (tertiary/aromatic N) is 3. The highest BCUT2D eigenvalue weighted by molar-refractivity contribution is 7.92. The van der Waals surface area contributed by atoms with Crippen molar-refractivity contribution in [2.75, 3.05) is 18.1 Å². The van der Waals surface area contributed by atoms with E-state index in [-0.39, 0.29) is 60.6 Å². The molecule has 1 aromatic rings. The van der Waals surface area contributed by atoms with E-state index >= 15 is 0 Å². The van der Waals surface area contributed by atoms with Crippen LogP contribution in [0.4, 0.5) is 0 Å². The Bertz CT molecular complexity index is 1060. The first-order valence-electron chi connectivity index (χ1n) is 17.3. The van der Waals surface area contributed by atoms with E-state index < -0.39 is 15.6 Å². The van der Waals surface area contributed by atoms with Gasteiger partial charge in [0.1, 0.15) is 23.1 Å². The molecule has 0 saturated heterocycles. The predicted molar refractivity (Wildman–Crippen MR) is 176 cm³/mol. The summed E-state index contributed by atoms with van der Waals surface area (Å²) in [5, 5.41) is 16.8. The lowest BCUT2D eigenvalue weighted by Crippen LogP contribution is -2.25. The predicted octanol–water partition coefficient (Wildman–Crippen LogP) is 5.83. The zero-order valence-corrected chi connectivity index (χ0v) is 28.8. The first-order chi connectivity index (χ1) is 21.6. The van der Waals surface area contributed by atoms with Crippen LogP contribution in [0.15, 0.2) is 0 Å². The lowest BCUT2D eigenvalue weighted by atomic mass is 9.96. The number of hydrogen-bond donors (Lipinski definition) is 2. The number of ketones is 3. The van der Waals surface area contributed by atoms with Crippen molar-refractivity contribution in [1.82, 2.24) is 25.9 Å². The minimum Gasteiger partial charge on any atom is -0.356 e. The van der Waals surface area contributed by atoms with Gasteiger partial charge < -0.3 is 10.1 Å². The van der Waals surface area contributed by atoms with Gasteiger partial charge in [0.2, 0.25) is 5.91 Å². The number of carbonyl (C=O) groups is 4. The van der Waals surface area contributed by atoms with E-state index in [1.165, 1.54) is 58.3 Å². The number of unbranched alkanes of at least 4 members (excludes halogenated alkanes) is 13. The summed E-state index contributed by atoms with van der Waals surface area (Å²) in [4.78, 5) is 47.2. The lowest BCUT2D eigenvalue weighted by molar-refractivity contribution is -0.125. The number of aromatic amines is 1. The van der Waals surface area contributed by atoms with Crippen molar-refractivity contribution in [3.05, 3.63) is 5.82 Å². The van der Waals surface area contributed by atoms with E-state index in [0.29, 0.717) is 19.4 Å². The molecule has 1 amide bonds. The minimum atomic E-state index is -3.50. The quantitative estimate of drug-likeness (QED) is 0.0937. The monoisotopic (exact) mass is 653 g/mol. The molecule has 1 aromatic heterocycles. The molecule has 258 valence electrons. The number of aryl methyl sites for hydroxylation is 1. The van der Waals surface area contributed by atoms with E-state index in [2.05, 4.69) is 25.9 Å². The number of sulfone groups is 1. The summed E-state index contributed by atoms with van der Waals surface area (Å²) in [6.45, 7) is 3.82. The normalized spacial score (nSPS) is 12.2. The summed E-state index contributed by atoms with van der Waals surface area (Å²) in [5.41, 5.74) is 0. The summed E-state index contributed by atoms with van der Waals surface area (Å²) < 4.78 is 24.6. The second kappa shape index (κ2) is 25.7. The van der Waals surface area contributed by atoms with Gasteiger partial charge in [-0.15, -0.1) is 10.2 Å². The maximum atomic E-state index is 12.3. The van der Waals surface area contributed by atoms with Gasteiger partial charge in [0.25, 0.3) is 0 Å². The SMILES string of the molecule is CC(=O)CCC(=O)[C@H](C)CCCCNC(=O)CCCS(=O)(=O)CC(=O)CCCCCCCCCCCCCCCc1nn[nH]n1. The molecule has 0 radical (unpaired) electrons. The molecule has 1 heterocycles. The summed E-state index contributed by atoms with van der Waals surface area (Å²) in [7, 11) is -3.50. The molecule has 11 nitrogen and oxygen atoms in total. The number of aromatic nitrogens is 4. The van der Waals surface area contributed by atoms with Crippen LogP contribution in [-0.4, -0.2) is 70.3 Å². The Hall–Kier alpha value is -2.50. The molecule has 2 N–H and O–H groups in total. The molecule has 0 spiro atoms. The summed E-state index contributed by atoms with van der Waals surface area (Å²) in [6, 6.07) is 0. The van der Waals surface area contributed by atoms with E-state index in [9.17, 15) is 27.6 Å². The molecule has 12 heteroatoms. The van der Waals surface area contributed by atoms with Crippen LogP contribution in [0.2, 0.25) is 0 Å². The number of Topliss-reactive ketones (excluding diaryl/α,β-unsaturated/α-hetero) is 3. The molecular formula is C33H59N5O6S. The maximum Gasteiger partial charge on any atom is 0.220 e. The Labute approximate surface area is 271 Å². The molecule has 0 aliphatic heterocycles. The van der Waals surface area contributed by atoms with Crippen LogP contribution in [0.25, 0.3) is 0 Å². The van der Waals surface area contributed by atoms with Crippen LogP contribution in [0.5, 0.6) is 0 Å². The second-order valence-electron chi connectivity index (χ2n) is 12.6. The summed E-state index contributed by atoms with van der Waals surface area (Å²) in [6.07, 6.45) is 19.4. The number of carbonyl (C=O) groups excluding carboxylic acids is 4. The third-order valence-corrected chi connectivity index (χ3v) is 9.82. The Morgan fingerprint density at radius 3 is 1.91 bits per heavy atom. The fourth-order valence-electron chi connectivity index (χ4n) is 5.28. The maximum absolute atomic E-state index is 12.3. The number of tetrazole rings is 1. The Balaban J connectivity index is 1.91. The highest BCUT2D eigenvalue weighted by Gasteiger charge is 2.17. The van der Waals surface area contributed by atoms with Crippen molar-refractivity contribution in [1.29, 1.82) is 0 Å². The first-order valence-corrected chi connectivity index (χ1v) is 19.1. The highest BCUT2D eigenvalue weighted by atomic mass is 32.2. The van der Waals surface area contributed by atoms with Crippen LogP contribution < -0.4 is 5.32 Å². The number of amides is 1. The zero-order valence-electron chi connectivity index (χ0n) is 28.0. The molecule has 0 saturated carbocycles. The number of H-pyrrole nitrogens is 1. The molecule has 1 rings (SSSR count). The number of nitrogens with one attached hydrogen (secondary N) is 2. The highest BCUT2D eigenvalue weighted by Crippen LogP contribution is 2.14. The first kappa shape index (κ1) is 40.5. The van der Waals surface area contributed by atoms with E-state index in [1.54, 1.807) is 0 Å². The summed E-state index contributed by atoms with van der Waals surface area (Å²) >= 11 is 0. The van der Waals surface area contributed by atoms with E-state index in [1.807, 2.05) is 6.92 Å². The lowest BCUT2D eigenvalue weighted by Gasteiger charge is -2.10. The number of hydrogen-bond acceptors (Lipinski definition) is 9. The Morgan fingerprint density at radius 2 is 1.33 bits per heavy atom. The van der Waals surface area contributed by atoms with Gasteiger partial charge in [0.05, 0.1) is 5.75 Å². The molecule has 0 unspecified atom stereocenters. The molecule has 1 atom stereocenters. The average Bonchev–Trinajstić information content (AvgIpc) is 3.50. The minimum absolute atomic E-state index is 0.0174. The Morgan fingerprint density at radius 1 is 0.733 bits per heavy atom. The average molecular weight is 654 g/mol. The third kappa shape index (κ3) is 24.4. The number of rotatable bonds is 31. The van der Waals surface area contributed by atoms with E-state index in [4.69, 9.17) is 0 Å². The topological polar surface area (TPSA) is 169 Å². The molecule has 0 aliphatic rings. The van der Waals surface area contributed by atoms with Crippen molar-refractivity contribution in [3.8, 4) is 0 Å². The van der Waals surface area contributed by atoms with Gasteiger partial charge in [-0.1, -0.05) is 89.2 Å². The van der Waals surface area contributed by atoms with Gasteiger partial charge in [-0.05, 0) is 39.0 Å². The fourth-order valence-corrected chi connectivity index (χ4v) is 6.64. The van der Waals surface area contributed by atoms with Gasteiger partial charge >= 0.3 is 0 Å². The molecule has 45 heavy (non-hydrogen) atoms. The third-order valence-electron chi connectivity index (χ3n) is 8.14. The van der Waals surface area contributed by atoms with Crippen LogP contribution in [0.1, 0.15) is 155 Å². The Kier molecular flexibility index (Phi) is 23.1. The van der Waals surface area contributed by atoms with Crippen LogP contribution >= 0.6 is 0 Å². The largest absolute Gasteiger partial charge is 0.356 e. The van der Waals surface area contributed by atoms with Gasteiger partial charge in [-0.3, -0.25) is 14.4 Å². The van der Waals surface area contributed by atoms with Crippen LogP contribution in [-0.2, 0) is 35.4 Å². The van der Waals surface area contributed by atoms with Crippen molar-refractivity contribution in [2.45, 2.75) is 155 Å². The zero-order chi connectivity index (χ0) is 33.2. The smallest absolute Gasteiger partial charge is 0.220 e. The van der Waals surface area contributed by atoms with Crippen LogP contribution in [0.3, 0.4) is 0 Å². The van der Waals surface area contributed by atoms with Crippen molar-refractivity contribution in [2.24, 2.45) is 5.92 Å². The molecule has 0 bridgehead atoms. The fraction of sp³-hybridized carbons (Fsp3) is 0.848. The summed E-state index contributed by atoms with van der Waals surface area (Å²) in [5.74, 6) is -0.214. The molecule has 0 aliphatic carbocycles. The van der Waals surface area contributed by atoms with Gasteiger partial charge in [0, 0.05) is 44.6 Å². The van der Waals surface area contributed by atoms with Gasteiger partial charge in [-0.2, -0.15) is 5.21 Å². The molecular weight excluding hydrogens is 594 g/mol. The molecule has 0 aromatic carbocycles. The molecule has 0 fully saturated rings. The van der Waals surface area contributed by atoms with Crippen molar-refractivity contribution in [3.63, 3.8) is 0 Å². The van der Waals surface area contributed by atoms with E-state index in [0.717, 1.165) is 57.2 Å². The second-order valence-corrected chi connectivity index (χ2v) is 14.8. The van der Waals surface area contributed by atoms with Crippen molar-refractivity contribution >= 4 is 33.1 Å². The van der Waals surface area contributed by atoms with Gasteiger partial charge in [0.15, 0.2) is 15.7 Å². The van der Waals surface area contributed by atoms with Gasteiger partial charge in [-0.25, -0.2) is 8.42 Å². The van der Waals surface area contributed by atoms with Crippen LogP contribution in [0, 0.1) is 5.92 Å². The van der Waals surface area contributed by atoms with Crippen molar-refractivity contribution < 1.29 is 27.6 Å².